The second kappa shape index (κ2) is 6.21. The third kappa shape index (κ3) is 3.76. The average molecular weight is 243 g/mol. The van der Waals surface area contributed by atoms with Crippen LogP contribution in [0, 0.1) is 0 Å². The number of halogens is 1. The maximum Gasteiger partial charge on any atom is 0.0789 e. The first-order valence-electron chi connectivity index (χ1n) is 5.38. The Morgan fingerprint density at radius 1 is 1.50 bits per heavy atom. The van der Waals surface area contributed by atoms with Crippen LogP contribution >= 0.6 is 11.6 Å². The van der Waals surface area contributed by atoms with Crippen molar-refractivity contribution in [3.05, 3.63) is 34.9 Å². The molecule has 1 rings (SSSR count). The van der Waals surface area contributed by atoms with E-state index in [0.717, 1.165) is 10.6 Å². The van der Waals surface area contributed by atoms with Gasteiger partial charge < -0.3 is 10.8 Å². The summed E-state index contributed by atoms with van der Waals surface area (Å²) in [5.74, 6) is 0. The standard InChI is InChI=1S/C12H19ClN2O/c1-9(15(2)8-12(16)7-14)10-4-3-5-11(13)6-10/h3-6,9,12,16H,7-8,14H2,1-2H3. The number of likely N-dealkylation sites (N-methyl/N-ethyl adjacent to an activating group) is 1. The molecule has 0 bridgehead atoms. The van der Waals surface area contributed by atoms with Crippen LogP contribution in [0.1, 0.15) is 18.5 Å². The number of nitrogens with zero attached hydrogens (tertiary/aromatic N) is 1. The van der Waals surface area contributed by atoms with E-state index in [1.54, 1.807) is 0 Å². The van der Waals surface area contributed by atoms with E-state index in [1.807, 2.05) is 31.3 Å². The van der Waals surface area contributed by atoms with Crippen LogP contribution in [0.3, 0.4) is 0 Å². The second-order valence-corrected chi connectivity index (χ2v) is 4.50. The molecule has 0 saturated carbocycles. The van der Waals surface area contributed by atoms with E-state index >= 15 is 0 Å². The van der Waals surface area contributed by atoms with Crippen molar-refractivity contribution in [2.24, 2.45) is 5.73 Å². The molecule has 0 aromatic heterocycles. The fraction of sp³-hybridized carbons (Fsp3) is 0.500. The molecule has 2 unspecified atom stereocenters. The van der Waals surface area contributed by atoms with Crippen molar-refractivity contribution in [2.75, 3.05) is 20.1 Å². The van der Waals surface area contributed by atoms with Crippen LogP contribution in [-0.2, 0) is 0 Å². The number of nitrogens with two attached hydrogens (primary N) is 1. The normalized spacial score (nSPS) is 15.1. The molecule has 1 aromatic rings. The van der Waals surface area contributed by atoms with E-state index in [-0.39, 0.29) is 12.6 Å². The lowest BCUT2D eigenvalue weighted by Gasteiger charge is -2.27. The van der Waals surface area contributed by atoms with Crippen molar-refractivity contribution >= 4 is 11.6 Å². The van der Waals surface area contributed by atoms with Crippen LogP contribution in [0.5, 0.6) is 0 Å². The molecule has 4 heteroatoms. The highest BCUT2D eigenvalue weighted by atomic mass is 35.5. The Bertz CT molecular complexity index is 333. The molecule has 2 atom stereocenters. The zero-order valence-electron chi connectivity index (χ0n) is 9.73. The van der Waals surface area contributed by atoms with E-state index in [9.17, 15) is 5.11 Å². The lowest BCUT2D eigenvalue weighted by atomic mass is 10.1. The van der Waals surface area contributed by atoms with Gasteiger partial charge >= 0.3 is 0 Å². The van der Waals surface area contributed by atoms with Crippen LogP contribution in [0.25, 0.3) is 0 Å². The number of benzene rings is 1. The summed E-state index contributed by atoms with van der Waals surface area (Å²) in [5.41, 5.74) is 6.52. The number of rotatable bonds is 5. The number of hydrogen-bond acceptors (Lipinski definition) is 3. The topological polar surface area (TPSA) is 49.5 Å². The highest BCUT2D eigenvalue weighted by molar-refractivity contribution is 6.30. The van der Waals surface area contributed by atoms with Gasteiger partial charge in [0.25, 0.3) is 0 Å². The van der Waals surface area contributed by atoms with Gasteiger partial charge in [-0.05, 0) is 31.7 Å². The van der Waals surface area contributed by atoms with E-state index in [1.165, 1.54) is 0 Å². The molecule has 0 spiro atoms. The van der Waals surface area contributed by atoms with Crippen LogP contribution in [0.15, 0.2) is 24.3 Å². The van der Waals surface area contributed by atoms with E-state index in [4.69, 9.17) is 17.3 Å². The third-order valence-corrected chi connectivity index (χ3v) is 3.00. The van der Waals surface area contributed by atoms with Gasteiger partial charge in [0.2, 0.25) is 0 Å². The lowest BCUT2D eigenvalue weighted by Crippen LogP contribution is -2.35. The summed E-state index contributed by atoms with van der Waals surface area (Å²) in [6.07, 6.45) is -0.480. The van der Waals surface area contributed by atoms with Gasteiger partial charge in [-0.15, -0.1) is 0 Å². The first-order valence-corrected chi connectivity index (χ1v) is 5.76. The predicted molar refractivity (Wildman–Crippen MR) is 67.6 cm³/mol. The Morgan fingerprint density at radius 3 is 2.75 bits per heavy atom. The zero-order chi connectivity index (χ0) is 12.1. The molecular formula is C12H19ClN2O. The Kier molecular flexibility index (Phi) is 5.22. The molecule has 16 heavy (non-hydrogen) atoms. The number of hydrogen-bond donors (Lipinski definition) is 2. The molecule has 0 aliphatic heterocycles. The van der Waals surface area contributed by atoms with Crippen LogP contribution in [-0.4, -0.2) is 36.2 Å². The largest absolute Gasteiger partial charge is 0.390 e. The monoisotopic (exact) mass is 242 g/mol. The maximum absolute atomic E-state index is 9.49. The summed E-state index contributed by atoms with van der Waals surface area (Å²) in [6.45, 7) is 2.92. The van der Waals surface area contributed by atoms with Crippen molar-refractivity contribution in [3.8, 4) is 0 Å². The minimum Gasteiger partial charge on any atom is -0.390 e. The Hall–Kier alpha value is -0.610. The zero-order valence-corrected chi connectivity index (χ0v) is 10.5. The maximum atomic E-state index is 9.49. The van der Waals surface area contributed by atoms with Crippen LogP contribution < -0.4 is 5.73 Å². The highest BCUT2D eigenvalue weighted by Gasteiger charge is 2.14. The summed E-state index contributed by atoms with van der Waals surface area (Å²) < 4.78 is 0. The Morgan fingerprint density at radius 2 is 2.19 bits per heavy atom. The van der Waals surface area contributed by atoms with Gasteiger partial charge in [0.1, 0.15) is 0 Å². The SMILES string of the molecule is CC(c1cccc(Cl)c1)N(C)CC(O)CN. The molecule has 0 aliphatic rings. The highest BCUT2D eigenvalue weighted by Crippen LogP contribution is 2.21. The molecule has 3 N–H and O–H groups in total. The molecule has 0 fully saturated rings. The molecule has 1 aromatic carbocycles. The number of aliphatic hydroxyl groups excluding tert-OH is 1. The second-order valence-electron chi connectivity index (χ2n) is 4.06. The van der Waals surface area contributed by atoms with E-state index in [0.29, 0.717) is 6.54 Å². The summed E-state index contributed by atoms with van der Waals surface area (Å²) in [5, 5.41) is 10.2. The van der Waals surface area contributed by atoms with Crippen LogP contribution in [0.2, 0.25) is 5.02 Å². The summed E-state index contributed by atoms with van der Waals surface area (Å²) in [7, 11) is 1.96. The van der Waals surface area contributed by atoms with Gasteiger partial charge in [-0.3, -0.25) is 4.90 Å². The summed E-state index contributed by atoms with van der Waals surface area (Å²) >= 11 is 5.94. The van der Waals surface area contributed by atoms with Gasteiger partial charge in [0.05, 0.1) is 6.10 Å². The number of aliphatic hydroxyl groups is 1. The van der Waals surface area contributed by atoms with Crippen molar-refractivity contribution in [2.45, 2.75) is 19.1 Å². The van der Waals surface area contributed by atoms with Gasteiger partial charge in [0.15, 0.2) is 0 Å². The quantitative estimate of drug-likeness (QED) is 0.826. The minimum absolute atomic E-state index is 0.208. The fourth-order valence-corrected chi connectivity index (χ4v) is 1.78. The van der Waals surface area contributed by atoms with Crippen molar-refractivity contribution in [1.82, 2.24) is 4.90 Å². The van der Waals surface area contributed by atoms with Gasteiger partial charge in [-0.25, -0.2) is 0 Å². The average Bonchev–Trinajstić information content (AvgIpc) is 2.27. The van der Waals surface area contributed by atoms with Crippen molar-refractivity contribution < 1.29 is 5.11 Å². The molecule has 0 aliphatic carbocycles. The molecule has 0 radical (unpaired) electrons. The molecule has 90 valence electrons. The first kappa shape index (κ1) is 13.5. The smallest absolute Gasteiger partial charge is 0.0789 e. The molecule has 0 saturated heterocycles. The van der Waals surface area contributed by atoms with E-state index in [2.05, 4.69) is 11.8 Å². The van der Waals surface area contributed by atoms with Crippen LogP contribution in [0.4, 0.5) is 0 Å². The van der Waals surface area contributed by atoms with Gasteiger partial charge in [-0.2, -0.15) is 0 Å². The van der Waals surface area contributed by atoms with Gasteiger partial charge in [0, 0.05) is 24.2 Å². The molecule has 0 heterocycles. The minimum atomic E-state index is -0.480. The van der Waals surface area contributed by atoms with Crippen molar-refractivity contribution in [1.29, 1.82) is 0 Å². The molecule has 3 nitrogen and oxygen atoms in total. The van der Waals surface area contributed by atoms with E-state index < -0.39 is 6.10 Å². The fourth-order valence-electron chi connectivity index (χ4n) is 1.59. The Labute approximate surface area is 102 Å². The van der Waals surface area contributed by atoms with Gasteiger partial charge in [-0.1, -0.05) is 23.7 Å². The lowest BCUT2D eigenvalue weighted by molar-refractivity contribution is 0.114. The van der Waals surface area contributed by atoms with Crippen molar-refractivity contribution in [3.63, 3.8) is 0 Å². The molecule has 0 amide bonds. The summed E-state index contributed by atoms with van der Waals surface area (Å²) in [4.78, 5) is 2.06. The first-order chi connectivity index (χ1) is 7.54. The summed E-state index contributed by atoms with van der Waals surface area (Å²) in [6, 6.07) is 7.97. The molecular weight excluding hydrogens is 224 g/mol. The Balaban J connectivity index is 2.66. The third-order valence-electron chi connectivity index (χ3n) is 2.76. The predicted octanol–water partition coefficient (Wildman–Crippen LogP) is 1.65.